The second-order valence-electron chi connectivity index (χ2n) is 5.44. The maximum atomic E-state index is 12.3. The number of hydrogen-bond donors (Lipinski definition) is 1. The molecule has 3 aliphatic rings. The predicted octanol–water partition coefficient (Wildman–Crippen LogP) is 2.53. The molecular formula is C15H19NO. The molecule has 17 heavy (non-hydrogen) atoms. The van der Waals surface area contributed by atoms with Crippen LogP contribution in [0.4, 0.5) is 0 Å². The number of rotatable bonds is 0. The molecule has 1 aliphatic heterocycles. The molecule has 0 unspecified atom stereocenters. The SMILES string of the molecule is CC1=C2C(=O)CC3(CCNCC3)C2=CCC=C1. The van der Waals surface area contributed by atoms with Crippen molar-refractivity contribution in [3.05, 3.63) is 34.9 Å². The van der Waals surface area contributed by atoms with E-state index < -0.39 is 0 Å². The fourth-order valence-corrected chi connectivity index (χ4v) is 3.52. The topological polar surface area (TPSA) is 29.1 Å². The molecule has 1 spiro atoms. The zero-order valence-corrected chi connectivity index (χ0v) is 10.4. The summed E-state index contributed by atoms with van der Waals surface area (Å²) in [6, 6.07) is 0. The first-order valence-electron chi connectivity index (χ1n) is 6.55. The number of fused-ring (bicyclic) bond motifs is 2. The molecule has 2 fully saturated rings. The van der Waals surface area contributed by atoms with Gasteiger partial charge in [-0.25, -0.2) is 0 Å². The molecule has 1 heterocycles. The minimum Gasteiger partial charge on any atom is -0.317 e. The lowest BCUT2D eigenvalue weighted by Crippen LogP contribution is -2.36. The van der Waals surface area contributed by atoms with E-state index in [2.05, 4.69) is 30.5 Å². The Morgan fingerprint density at radius 1 is 1.29 bits per heavy atom. The standard InChI is InChI=1S/C15H19NO/c1-11-4-2-3-5-12-14(11)13(17)10-15(12)6-8-16-9-7-15/h2,4-5,16H,3,6-10H2,1H3. The summed E-state index contributed by atoms with van der Waals surface area (Å²) in [5.41, 5.74) is 3.70. The van der Waals surface area contributed by atoms with Crippen LogP contribution in [0.2, 0.25) is 0 Å². The van der Waals surface area contributed by atoms with Crippen LogP contribution in [-0.2, 0) is 4.79 Å². The molecule has 1 saturated heterocycles. The fraction of sp³-hybridized carbons (Fsp3) is 0.533. The Hall–Kier alpha value is -1.15. The van der Waals surface area contributed by atoms with Crippen molar-refractivity contribution in [2.75, 3.05) is 13.1 Å². The molecular weight excluding hydrogens is 210 g/mol. The van der Waals surface area contributed by atoms with E-state index in [0.29, 0.717) is 5.78 Å². The zero-order valence-electron chi connectivity index (χ0n) is 10.4. The van der Waals surface area contributed by atoms with Gasteiger partial charge in [0.2, 0.25) is 0 Å². The van der Waals surface area contributed by atoms with Crippen LogP contribution < -0.4 is 5.32 Å². The molecule has 0 aromatic carbocycles. The van der Waals surface area contributed by atoms with Crippen LogP contribution in [0.15, 0.2) is 34.9 Å². The Kier molecular flexibility index (Phi) is 2.55. The van der Waals surface area contributed by atoms with Gasteiger partial charge in [0.05, 0.1) is 0 Å². The maximum Gasteiger partial charge on any atom is 0.164 e. The Labute approximate surface area is 102 Å². The second kappa shape index (κ2) is 3.95. The second-order valence-corrected chi connectivity index (χ2v) is 5.44. The van der Waals surface area contributed by atoms with E-state index in [1.807, 2.05) is 0 Å². The van der Waals surface area contributed by atoms with Crippen LogP contribution in [0.25, 0.3) is 0 Å². The van der Waals surface area contributed by atoms with Gasteiger partial charge in [0.15, 0.2) is 5.78 Å². The summed E-state index contributed by atoms with van der Waals surface area (Å²) >= 11 is 0. The number of hydrogen-bond acceptors (Lipinski definition) is 2. The first-order valence-corrected chi connectivity index (χ1v) is 6.55. The van der Waals surface area contributed by atoms with Crippen molar-refractivity contribution in [1.29, 1.82) is 0 Å². The summed E-state index contributed by atoms with van der Waals surface area (Å²) in [7, 11) is 0. The molecule has 1 N–H and O–H groups in total. The van der Waals surface area contributed by atoms with Gasteiger partial charge in [0, 0.05) is 17.4 Å². The summed E-state index contributed by atoms with van der Waals surface area (Å²) < 4.78 is 0. The van der Waals surface area contributed by atoms with Crippen molar-refractivity contribution < 1.29 is 4.79 Å². The van der Waals surface area contributed by atoms with Gasteiger partial charge in [0.25, 0.3) is 0 Å². The minimum atomic E-state index is 0.158. The normalized spacial score (nSPS) is 27.1. The van der Waals surface area contributed by atoms with E-state index in [0.717, 1.165) is 49.9 Å². The van der Waals surface area contributed by atoms with E-state index in [1.165, 1.54) is 5.57 Å². The third-order valence-corrected chi connectivity index (χ3v) is 4.40. The van der Waals surface area contributed by atoms with Crippen LogP contribution in [-0.4, -0.2) is 18.9 Å². The van der Waals surface area contributed by atoms with Crippen molar-refractivity contribution in [2.45, 2.75) is 32.6 Å². The number of allylic oxidation sites excluding steroid dienone is 6. The molecule has 3 rings (SSSR count). The number of carbonyl (C=O) groups is 1. The van der Waals surface area contributed by atoms with Crippen molar-refractivity contribution in [3.8, 4) is 0 Å². The van der Waals surface area contributed by atoms with Gasteiger partial charge >= 0.3 is 0 Å². The Morgan fingerprint density at radius 3 is 2.82 bits per heavy atom. The molecule has 0 atom stereocenters. The van der Waals surface area contributed by atoms with Crippen molar-refractivity contribution in [2.24, 2.45) is 5.41 Å². The average molecular weight is 229 g/mol. The minimum absolute atomic E-state index is 0.158. The highest BCUT2D eigenvalue weighted by Gasteiger charge is 2.46. The molecule has 2 aliphatic carbocycles. The lowest BCUT2D eigenvalue weighted by Gasteiger charge is -2.34. The summed E-state index contributed by atoms with van der Waals surface area (Å²) in [5.74, 6) is 0.363. The van der Waals surface area contributed by atoms with Crippen LogP contribution in [0.1, 0.15) is 32.6 Å². The highest BCUT2D eigenvalue weighted by Crippen LogP contribution is 2.51. The highest BCUT2D eigenvalue weighted by molar-refractivity contribution is 6.05. The van der Waals surface area contributed by atoms with Crippen LogP contribution in [0, 0.1) is 5.41 Å². The van der Waals surface area contributed by atoms with E-state index in [4.69, 9.17) is 0 Å². The van der Waals surface area contributed by atoms with Gasteiger partial charge in [-0.3, -0.25) is 4.79 Å². The first kappa shape index (κ1) is 11.0. The summed E-state index contributed by atoms with van der Waals surface area (Å²) in [6.07, 6.45) is 10.5. The quantitative estimate of drug-likeness (QED) is 0.691. The largest absolute Gasteiger partial charge is 0.317 e. The molecule has 0 radical (unpaired) electrons. The van der Waals surface area contributed by atoms with E-state index in [9.17, 15) is 4.79 Å². The number of Topliss-reactive ketones (excluding diaryl/α,β-unsaturated/α-hetero) is 1. The van der Waals surface area contributed by atoms with Crippen LogP contribution in [0.3, 0.4) is 0 Å². The zero-order chi connectivity index (χ0) is 11.9. The van der Waals surface area contributed by atoms with Gasteiger partial charge in [0.1, 0.15) is 0 Å². The summed E-state index contributed by atoms with van der Waals surface area (Å²) in [5, 5.41) is 3.40. The first-order chi connectivity index (χ1) is 8.23. The fourth-order valence-electron chi connectivity index (χ4n) is 3.52. The maximum absolute atomic E-state index is 12.3. The Morgan fingerprint density at radius 2 is 2.06 bits per heavy atom. The summed E-state index contributed by atoms with van der Waals surface area (Å²) in [4.78, 5) is 12.3. The number of piperidine rings is 1. The average Bonchev–Trinajstić information content (AvgIpc) is 2.49. The van der Waals surface area contributed by atoms with Gasteiger partial charge < -0.3 is 5.32 Å². The number of ketones is 1. The third kappa shape index (κ3) is 1.62. The van der Waals surface area contributed by atoms with Gasteiger partial charge in [-0.15, -0.1) is 0 Å². The van der Waals surface area contributed by atoms with Crippen LogP contribution in [0.5, 0.6) is 0 Å². The molecule has 2 nitrogen and oxygen atoms in total. The molecule has 1 saturated carbocycles. The number of nitrogens with one attached hydrogen (secondary N) is 1. The predicted molar refractivity (Wildman–Crippen MR) is 68.7 cm³/mol. The molecule has 0 aromatic rings. The molecule has 0 aromatic heterocycles. The van der Waals surface area contributed by atoms with Gasteiger partial charge in [-0.2, -0.15) is 0 Å². The lowest BCUT2D eigenvalue weighted by atomic mass is 9.73. The number of carbonyl (C=O) groups excluding carboxylic acids is 1. The third-order valence-electron chi connectivity index (χ3n) is 4.40. The molecule has 2 heteroatoms. The van der Waals surface area contributed by atoms with Gasteiger partial charge in [-0.1, -0.05) is 18.2 Å². The van der Waals surface area contributed by atoms with Gasteiger partial charge in [-0.05, 0) is 50.4 Å². The molecule has 90 valence electrons. The van der Waals surface area contributed by atoms with E-state index in [1.54, 1.807) is 0 Å². The molecule has 0 bridgehead atoms. The highest BCUT2D eigenvalue weighted by atomic mass is 16.1. The lowest BCUT2D eigenvalue weighted by molar-refractivity contribution is -0.115. The van der Waals surface area contributed by atoms with E-state index in [-0.39, 0.29) is 5.41 Å². The monoisotopic (exact) mass is 229 g/mol. The smallest absolute Gasteiger partial charge is 0.164 e. The Balaban J connectivity index is 2.09. The van der Waals surface area contributed by atoms with E-state index >= 15 is 0 Å². The van der Waals surface area contributed by atoms with Crippen LogP contribution >= 0.6 is 0 Å². The summed E-state index contributed by atoms with van der Waals surface area (Å²) in [6.45, 7) is 4.16. The molecule has 0 amide bonds. The van der Waals surface area contributed by atoms with Crippen molar-refractivity contribution >= 4 is 5.78 Å². The van der Waals surface area contributed by atoms with Crippen molar-refractivity contribution in [1.82, 2.24) is 5.32 Å². The Bertz CT molecular complexity index is 448. The van der Waals surface area contributed by atoms with Crippen molar-refractivity contribution in [3.63, 3.8) is 0 Å².